The molecule has 22 heavy (non-hydrogen) atoms. The lowest BCUT2D eigenvalue weighted by atomic mass is 9.48. The van der Waals surface area contributed by atoms with Crippen molar-refractivity contribution in [1.82, 2.24) is 0 Å². The van der Waals surface area contributed by atoms with E-state index in [1.54, 1.807) is 0 Å². The molecule has 0 aromatic rings. The minimum atomic E-state index is 0.0944. The number of carbonyl (C=O) groups excluding carboxylic acids is 1. The number of aliphatic hydroxyl groups is 1. The molecule has 0 aromatic carbocycles. The van der Waals surface area contributed by atoms with Crippen LogP contribution in [-0.2, 0) is 4.79 Å². The highest BCUT2D eigenvalue weighted by Gasteiger charge is 2.53. The number of fused-ring (bicyclic) bond motifs is 1. The van der Waals surface area contributed by atoms with Gasteiger partial charge in [0.1, 0.15) is 5.78 Å². The van der Waals surface area contributed by atoms with E-state index in [2.05, 4.69) is 40.7 Å². The van der Waals surface area contributed by atoms with E-state index in [1.165, 1.54) is 11.1 Å². The third kappa shape index (κ3) is 3.22. The van der Waals surface area contributed by atoms with E-state index in [4.69, 9.17) is 5.11 Å². The van der Waals surface area contributed by atoms with Crippen molar-refractivity contribution in [3.8, 4) is 0 Å². The van der Waals surface area contributed by atoms with Gasteiger partial charge >= 0.3 is 0 Å². The summed E-state index contributed by atoms with van der Waals surface area (Å²) in [4.78, 5) is 12.4. The van der Waals surface area contributed by atoms with E-state index >= 15 is 0 Å². The van der Waals surface area contributed by atoms with Gasteiger partial charge in [-0.1, -0.05) is 44.1 Å². The van der Waals surface area contributed by atoms with E-state index in [0.717, 1.165) is 32.1 Å². The van der Waals surface area contributed by atoms with E-state index < -0.39 is 0 Å². The average Bonchev–Trinajstić information content (AvgIpc) is 2.35. The third-order valence-corrected chi connectivity index (χ3v) is 6.26. The second-order valence-corrected chi connectivity index (χ2v) is 8.45. The van der Waals surface area contributed by atoms with Gasteiger partial charge in [0, 0.05) is 12.8 Å². The minimum absolute atomic E-state index is 0.0944. The fourth-order valence-corrected chi connectivity index (χ4v) is 5.24. The lowest BCUT2D eigenvalue weighted by Gasteiger charge is -2.56. The van der Waals surface area contributed by atoms with Crippen LogP contribution in [0.4, 0.5) is 0 Å². The molecule has 2 heteroatoms. The van der Waals surface area contributed by atoms with Crippen LogP contribution in [0.2, 0.25) is 0 Å². The SMILES string of the molecule is CC1=CC[C@@H]2C(C)(C)CC(=O)C[C@]2(C)[C@@H]1CC/C(C)=C/CO. The first kappa shape index (κ1) is 17.5. The molecule has 0 aliphatic heterocycles. The zero-order valence-electron chi connectivity index (χ0n) is 14.9. The molecule has 124 valence electrons. The number of aliphatic hydroxyl groups excluding tert-OH is 1. The number of Topliss-reactive ketones (excluding diaryl/α,β-unsaturated/α-hetero) is 1. The van der Waals surface area contributed by atoms with Crippen LogP contribution in [0, 0.1) is 22.7 Å². The van der Waals surface area contributed by atoms with Crippen LogP contribution in [-0.4, -0.2) is 17.5 Å². The number of hydrogen-bond acceptors (Lipinski definition) is 2. The number of ketones is 1. The zero-order chi connectivity index (χ0) is 16.5. The molecule has 0 spiro atoms. The molecular weight excluding hydrogens is 272 g/mol. The predicted molar refractivity (Wildman–Crippen MR) is 91.6 cm³/mol. The van der Waals surface area contributed by atoms with Crippen LogP contribution in [0.25, 0.3) is 0 Å². The molecule has 2 aliphatic carbocycles. The highest BCUT2D eigenvalue weighted by Crippen LogP contribution is 2.59. The largest absolute Gasteiger partial charge is 0.392 e. The van der Waals surface area contributed by atoms with Gasteiger partial charge in [-0.3, -0.25) is 4.79 Å². The van der Waals surface area contributed by atoms with Crippen LogP contribution in [0.5, 0.6) is 0 Å². The number of hydrogen-bond donors (Lipinski definition) is 1. The Labute approximate surface area is 135 Å². The first-order valence-electron chi connectivity index (χ1n) is 8.65. The van der Waals surface area contributed by atoms with Crippen molar-refractivity contribution in [2.45, 2.75) is 66.7 Å². The minimum Gasteiger partial charge on any atom is -0.392 e. The van der Waals surface area contributed by atoms with Gasteiger partial charge in [-0.15, -0.1) is 0 Å². The highest BCUT2D eigenvalue weighted by molar-refractivity contribution is 5.81. The summed E-state index contributed by atoms with van der Waals surface area (Å²) in [6.07, 6.45) is 8.99. The molecule has 0 aromatic heterocycles. The van der Waals surface area contributed by atoms with Gasteiger partial charge in [-0.05, 0) is 55.8 Å². The van der Waals surface area contributed by atoms with Crippen LogP contribution in [0.15, 0.2) is 23.3 Å². The molecule has 2 rings (SSSR count). The Morgan fingerprint density at radius 3 is 2.68 bits per heavy atom. The predicted octanol–water partition coefficient (Wildman–Crippen LogP) is 4.68. The summed E-state index contributed by atoms with van der Waals surface area (Å²) in [5.41, 5.74) is 2.91. The van der Waals surface area contributed by atoms with Crippen molar-refractivity contribution < 1.29 is 9.90 Å². The molecule has 1 saturated carbocycles. The van der Waals surface area contributed by atoms with Crippen LogP contribution < -0.4 is 0 Å². The molecule has 1 fully saturated rings. The van der Waals surface area contributed by atoms with Gasteiger partial charge < -0.3 is 5.11 Å². The normalized spacial score (nSPS) is 35.1. The van der Waals surface area contributed by atoms with Crippen LogP contribution in [0.1, 0.15) is 66.7 Å². The summed E-state index contributed by atoms with van der Waals surface area (Å²) >= 11 is 0. The first-order valence-corrected chi connectivity index (χ1v) is 8.65. The maximum absolute atomic E-state index is 12.4. The second kappa shape index (κ2) is 6.31. The smallest absolute Gasteiger partial charge is 0.134 e. The Bertz CT molecular complexity index is 498. The van der Waals surface area contributed by atoms with Gasteiger partial charge in [-0.25, -0.2) is 0 Å². The standard InChI is InChI=1S/C20H32O2/c1-14(10-11-21)6-8-17-15(2)7-9-18-19(3,4)12-16(22)13-20(17,18)5/h7,10,17-18,21H,6,8-9,11-13H2,1-5H3/b14-10+/t17-,18-,20-/m1/s1. The van der Waals surface area contributed by atoms with Crippen molar-refractivity contribution in [3.05, 3.63) is 23.3 Å². The van der Waals surface area contributed by atoms with Gasteiger partial charge in [0.25, 0.3) is 0 Å². The highest BCUT2D eigenvalue weighted by atomic mass is 16.2. The quantitative estimate of drug-likeness (QED) is 0.765. The van der Waals surface area contributed by atoms with Crippen molar-refractivity contribution >= 4 is 5.78 Å². The summed E-state index contributed by atoms with van der Waals surface area (Å²) in [6, 6.07) is 0. The monoisotopic (exact) mass is 304 g/mol. The molecular formula is C20H32O2. The van der Waals surface area contributed by atoms with Gasteiger partial charge in [0.2, 0.25) is 0 Å². The zero-order valence-corrected chi connectivity index (χ0v) is 14.9. The topological polar surface area (TPSA) is 37.3 Å². The number of carbonyl (C=O) groups is 1. The molecule has 2 aliphatic rings. The fraction of sp³-hybridized carbons (Fsp3) is 0.750. The van der Waals surface area contributed by atoms with E-state index in [-0.39, 0.29) is 17.4 Å². The van der Waals surface area contributed by atoms with E-state index in [9.17, 15) is 4.79 Å². The molecule has 0 saturated heterocycles. The summed E-state index contributed by atoms with van der Waals surface area (Å²) in [5.74, 6) is 1.51. The molecule has 2 nitrogen and oxygen atoms in total. The molecule has 0 amide bonds. The lowest BCUT2D eigenvalue weighted by molar-refractivity contribution is -0.136. The van der Waals surface area contributed by atoms with Gasteiger partial charge in [0.15, 0.2) is 0 Å². The summed E-state index contributed by atoms with van der Waals surface area (Å²) < 4.78 is 0. The van der Waals surface area contributed by atoms with Crippen LogP contribution in [0.3, 0.4) is 0 Å². The third-order valence-electron chi connectivity index (χ3n) is 6.26. The Balaban J connectivity index is 2.27. The molecule has 0 unspecified atom stereocenters. The maximum Gasteiger partial charge on any atom is 0.134 e. The second-order valence-electron chi connectivity index (χ2n) is 8.45. The Hall–Kier alpha value is -0.890. The van der Waals surface area contributed by atoms with E-state index in [0.29, 0.717) is 17.6 Å². The molecule has 0 radical (unpaired) electrons. The van der Waals surface area contributed by atoms with Crippen molar-refractivity contribution in [2.75, 3.05) is 6.61 Å². The Morgan fingerprint density at radius 2 is 2.05 bits per heavy atom. The van der Waals surface area contributed by atoms with E-state index in [1.807, 2.05) is 6.08 Å². The maximum atomic E-state index is 12.4. The Kier molecular flexibility index (Phi) is 5.01. The summed E-state index contributed by atoms with van der Waals surface area (Å²) in [6.45, 7) is 11.3. The Morgan fingerprint density at radius 1 is 1.36 bits per heavy atom. The number of allylic oxidation sites excluding steroid dienone is 3. The molecule has 1 N–H and O–H groups in total. The molecule has 3 atom stereocenters. The van der Waals surface area contributed by atoms with Gasteiger partial charge in [-0.2, -0.15) is 0 Å². The summed E-state index contributed by atoms with van der Waals surface area (Å²) in [5, 5.41) is 9.03. The molecule has 0 heterocycles. The fourth-order valence-electron chi connectivity index (χ4n) is 5.24. The van der Waals surface area contributed by atoms with Gasteiger partial charge in [0.05, 0.1) is 6.61 Å². The van der Waals surface area contributed by atoms with Crippen LogP contribution >= 0.6 is 0 Å². The lowest BCUT2D eigenvalue weighted by Crippen LogP contribution is -2.51. The molecule has 0 bridgehead atoms. The number of rotatable bonds is 4. The van der Waals surface area contributed by atoms with Crippen molar-refractivity contribution in [3.63, 3.8) is 0 Å². The average molecular weight is 304 g/mol. The van der Waals surface area contributed by atoms with Crippen molar-refractivity contribution in [1.29, 1.82) is 0 Å². The first-order chi connectivity index (χ1) is 10.2. The summed E-state index contributed by atoms with van der Waals surface area (Å²) in [7, 11) is 0. The van der Waals surface area contributed by atoms with Crippen molar-refractivity contribution in [2.24, 2.45) is 22.7 Å².